The van der Waals surface area contributed by atoms with Crippen LogP contribution in [0.15, 0.2) is 29.3 Å². The number of guanidine groups is 1. The maximum Gasteiger partial charge on any atom is 0.374 e. The summed E-state index contributed by atoms with van der Waals surface area (Å²) in [6.45, 7) is 2.74. The fourth-order valence-electron chi connectivity index (χ4n) is 4.82. The monoisotopic (exact) mass is 423 g/mol. The van der Waals surface area contributed by atoms with E-state index in [9.17, 15) is 9.59 Å². The highest BCUT2D eigenvalue weighted by Crippen LogP contribution is 2.41. The number of carbonyl (C=O) groups is 2. The van der Waals surface area contributed by atoms with Gasteiger partial charge >= 0.3 is 5.97 Å². The van der Waals surface area contributed by atoms with Crippen molar-refractivity contribution in [1.82, 2.24) is 14.5 Å². The molecule has 3 heterocycles. The molecule has 2 aromatic rings. The van der Waals surface area contributed by atoms with Gasteiger partial charge in [0.2, 0.25) is 11.8 Å². The summed E-state index contributed by atoms with van der Waals surface area (Å²) in [5, 5.41) is 0. The molecule has 0 saturated heterocycles. The van der Waals surface area contributed by atoms with Gasteiger partial charge in [0.15, 0.2) is 11.5 Å². The molecule has 1 amide bonds. The summed E-state index contributed by atoms with van der Waals surface area (Å²) in [4.78, 5) is 39.4. The molecule has 5 rings (SSSR count). The van der Waals surface area contributed by atoms with E-state index >= 15 is 0 Å². The molecule has 1 aromatic heterocycles. The standard InChI is InChI=1S/C22H25N5O4/c1-4-25-20(28)17-18(27-16-7-5-6-15(16)23-22(25)27)24-19(21(29)31-3)26(17)12-13-8-10-14(30-2)11-9-13/h8-11,15-16H,4-7,12H2,1-3H3/t15-,16+/m1/s1. The van der Waals surface area contributed by atoms with Crippen LogP contribution in [0.3, 0.4) is 0 Å². The third-order valence-corrected chi connectivity index (χ3v) is 6.32. The van der Waals surface area contributed by atoms with Crippen LogP contribution in [-0.2, 0) is 11.3 Å². The largest absolute Gasteiger partial charge is 0.497 e. The molecule has 3 aliphatic rings. The van der Waals surface area contributed by atoms with E-state index < -0.39 is 5.97 Å². The molecular weight excluding hydrogens is 398 g/mol. The minimum atomic E-state index is -0.570. The van der Waals surface area contributed by atoms with Gasteiger partial charge in [-0.1, -0.05) is 12.1 Å². The molecule has 0 N–H and O–H groups in total. The first-order valence-corrected chi connectivity index (χ1v) is 10.6. The van der Waals surface area contributed by atoms with Gasteiger partial charge in [-0.3, -0.25) is 14.6 Å². The lowest BCUT2D eigenvalue weighted by atomic mass is 10.1. The van der Waals surface area contributed by atoms with Crippen LogP contribution in [0.25, 0.3) is 0 Å². The first-order valence-electron chi connectivity index (χ1n) is 10.6. The van der Waals surface area contributed by atoms with Crippen molar-refractivity contribution in [3.8, 4) is 5.75 Å². The van der Waals surface area contributed by atoms with Gasteiger partial charge < -0.3 is 14.0 Å². The van der Waals surface area contributed by atoms with Gasteiger partial charge in [0.05, 0.1) is 32.8 Å². The molecule has 0 unspecified atom stereocenters. The number of hydrogen-bond acceptors (Lipinski definition) is 7. The van der Waals surface area contributed by atoms with Gasteiger partial charge in [0.1, 0.15) is 5.75 Å². The fourth-order valence-corrected chi connectivity index (χ4v) is 4.82. The van der Waals surface area contributed by atoms with Crippen molar-refractivity contribution in [2.75, 3.05) is 25.7 Å². The number of imidazole rings is 1. The molecule has 0 radical (unpaired) electrons. The van der Waals surface area contributed by atoms with Gasteiger partial charge in [0, 0.05) is 6.54 Å². The molecular formula is C22H25N5O4. The van der Waals surface area contributed by atoms with Crippen LogP contribution < -0.4 is 9.64 Å². The average molecular weight is 423 g/mol. The van der Waals surface area contributed by atoms with Gasteiger partial charge in [0.25, 0.3) is 5.91 Å². The van der Waals surface area contributed by atoms with Crippen LogP contribution in [0.2, 0.25) is 0 Å². The minimum Gasteiger partial charge on any atom is -0.497 e. The van der Waals surface area contributed by atoms with E-state index in [1.54, 1.807) is 16.6 Å². The summed E-state index contributed by atoms with van der Waals surface area (Å²) < 4.78 is 11.9. The highest BCUT2D eigenvalue weighted by Gasteiger charge is 2.50. The predicted molar refractivity (Wildman–Crippen MR) is 114 cm³/mol. The minimum absolute atomic E-state index is 0.121. The Morgan fingerprint density at radius 3 is 2.65 bits per heavy atom. The van der Waals surface area contributed by atoms with Crippen molar-refractivity contribution < 1.29 is 19.1 Å². The quantitative estimate of drug-likeness (QED) is 0.686. The number of ether oxygens (including phenoxy) is 2. The van der Waals surface area contributed by atoms with E-state index in [1.165, 1.54) is 7.11 Å². The summed E-state index contributed by atoms with van der Waals surface area (Å²) >= 11 is 0. The topological polar surface area (TPSA) is 89.3 Å². The number of rotatable bonds is 5. The Morgan fingerprint density at radius 1 is 1.19 bits per heavy atom. The number of carbonyl (C=O) groups excluding carboxylic acids is 2. The second kappa shape index (κ2) is 7.40. The van der Waals surface area contributed by atoms with E-state index in [1.807, 2.05) is 31.2 Å². The molecule has 1 fully saturated rings. The van der Waals surface area contributed by atoms with Gasteiger partial charge in [-0.25, -0.2) is 14.8 Å². The Hall–Kier alpha value is -3.36. The van der Waals surface area contributed by atoms with Crippen LogP contribution in [0.1, 0.15) is 52.9 Å². The van der Waals surface area contributed by atoms with E-state index in [-0.39, 0.29) is 23.8 Å². The number of esters is 1. The van der Waals surface area contributed by atoms with Crippen molar-refractivity contribution in [3.63, 3.8) is 0 Å². The Morgan fingerprint density at radius 2 is 1.97 bits per heavy atom. The number of fused-ring (bicyclic) bond motifs is 5. The summed E-state index contributed by atoms with van der Waals surface area (Å²) in [5.74, 6) is 1.26. The molecule has 2 aliphatic heterocycles. The van der Waals surface area contributed by atoms with Crippen LogP contribution in [0.4, 0.5) is 5.82 Å². The average Bonchev–Trinajstić information content (AvgIpc) is 3.47. The second-order valence-electron chi connectivity index (χ2n) is 7.95. The lowest BCUT2D eigenvalue weighted by molar-refractivity contribution is 0.0581. The Labute approximate surface area is 180 Å². The lowest BCUT2D eigenvalue weighted by Crippen LogP contribution is -2.53. The normalized spacial score (nSPS) is 21.5. The third kappa shape index (κ3) is 2.90. The number of hydrogen-bond donors (Lipinski definition) is 0. The molecule has 2 atom stereocenters. The highest BCUT2D eigenvalue weighted by molar-refractivity contribution is 6.19. The maximum absolute atomic E-state index is 13.5. The number of methoxy groups -OCH3 is 2. The molecule has 1 aromatic carbocycles. The van der Waals surface area contributed by atoms with Crippen molar-refractivity contribution in [2.24, 2.45) is 4.99 Å². The highest BCUT2D eigenvalue weighted by atomic mass is 16.5. The smallest absolute Gasteiger partial charge is 0.374 e. The van der Waals surface area contributed by atoms with E-state index in [4.69, 9.17) is 14.5 Å². The van der Waals surface area contributed by atoms with Crippen LogP contribution in [0.5, 0.6) is 5.75 Å². The molecule has 0 bridgehead atoms. The number of aliphatic imine (C=N–C) groups is 1. The first kappa shape index (κ1) is 19.6. The van der Waals surface area contributed by atoms with Crippen LogP contribution in [0, 0.1) is 0 Å². The molecule has 0 spiro atoms. The van der Waals surface area contributed by atoms with Gasteiger partial charge in [-0.15, -0.1) is 0 Å². The maximum atomic E-state index is 13.5. The zero-order valence-corrected chi connectivity index (χ0v) is 17.9. The van der Waals surface area contributed by atoms with Crippen LogP contribution in [-0.4, -0.2) is 65.1 Å². The SMILES string of the molecule is CCN1C(=O)c2c(nc(C(=O)OC)n2Cc2ccc(OC)cc2)N2C1=N[C@@H]1CCC[C@@H]12. The molecule has 9 heteroatoms. The van der Waals surface area contributed by atoms with Crippen LogP contribution >= 0.6 is 0 Å². The summed E-state index contributed by atoms with van der Waals surface area (Å²) in [6, 6.07) is 7.86. The molecule has 1 saturated carbocycles. The molecule has 9 nitrogen and oxygen atoms in total. The Kier molecular flexibility index (Phi) is 4.68. The predicted octanol–water partition coefficient (Wildman–Crippen LogP) is 2.30. The Bertz CT molecular complexity index is 1070. The molecule has 1 aliphatic carbocycles. The lowest BCUT2D eigenvalue weighted by Gasteiger charge is -2.35. The van der Waals surface area contributed by atoms with E-state index in [2.05, 4.69) is 9.88 Å². The molecule has 31 heavy (non-hydrogen) atoms. The third-order valence-electron chi connectivity index (χ3n) is 6.32. The number of nitrogens with zero attached hydrogens (tertiary/aromatic N) is 5. The van der Waals surface area contributed by atoms with Crippen molar-refractivity contribution in [1.29, 1.82) is 0 Å². The number of benzene rings is 1. The summed E-state index contributed by atoms with van der Waals surface area (Å²) in [7, 11) is 2.93. The Balaban J connectivity index is 1.65. The van der Waals surface area contributed by atoms with Gasteiger partial charge in [-0.2, -0.15) is 0 Å². The van der Waals surface area contributed by atoms with Crippen molar-refractivity contribution >= 4 is 23.7 Å². The summed E-state index contributed by atoms with van der Waals surface area (Å²) in [5.41, 5.74) is 1.33. The zero-order valence-electron chi connectivity index (χ0n) is 17.9. The first-order chi connectivity index (χ1) is 15.1. The van der Waals surface area contributed by atoms with E-state index in [0.29, 0.717) is 30.6 Å². The zero-order chi connectivity index (χ0) is 21.7. The second-order valence-corrected chi connectivity index (χ2v) is 7.95. The molecule has 162 valence electrons. The van der Waals surface area contributed by atoms with Crippen molar-refractivity contribution in [3.05, 3.63) is 41.3 Å². The van der Waals surface area contributed by atoms with E-state index in [0.717, 1.165) is 30.6 Å². The van der Waals surface area contributed by atoms with Crippen molar-refractivity contribution in [2.45, 2.75) is 44.8 Å². The number of amides is 1. The number of aromatic nitrogens is 2. The summed E-state index contributed by atoms with van der Waals surface area (Å²) in [6.07, 6.45) is 3.08. The fraction of sp³-hybridized carbons (Fsp3) is 0.455. The number of anilines is 1. The van der Waals surface area contributed by atoms with Gasteiger partial charge in [-0.05, 0) is 43.9 Å².